The maximum Gasteiger partial charge on any atom is 0.337 e. The van der Waals surface area contributed by atoms with Crippen molar-refractivity contribution in [2.75, 3.05) is 11.3 Å². The van der Waals surface area contributed by atoms with E-state index < -0.39 is 16.2 Å². The summed E-state index contributed by atoms with van der Waals surface area (Å²) < 4.78 is 27.3. The van der Waals surface area contributed by atoms with E-state index in [-0.39, 0.29) is 11.4 Å². The molecule has 0 unspecified atom stereocenters. The average Bonchev–Trinajstić information content (AvgIpc) is 2.26. The lowest BCUT2D eigenvalue weighted by Crippen LogP contribution is -2.30. The normalized spacial score (nSPS) is 11.1. The van der Waals surface area contributed by atoms with Gasteiger partial charge < -0.3 is 5.11 Å². The van der Waals surface area contributed by atoms with Crippen molar-refractivity contribution in [3.8, 4) is 0 Å². The molecule has 1 heterocycles. The number of nitrogens with one attached hydrogen (secondary N) is 2. The number of carboxylic acid groups (broad SMARTS) is 1. The minimum absolute atomic E-state index is 0.00512. The Hall–Kier alpha value is -1.67. The smallest absolute Gasteiger partial charge is 0.337 e. The number of aromatic carboxylic acids is 1. The molecule has 0 saturated heterocycles. The zero-order valence-corrected chi connectivity index (χ0v) is 9.99. The van der Waals surface area contributed by atoms with Crippen LogP contribution in [0.5, 0.6) is 0 Å². The van der Waals surface area contributed by atoms with Gasteiger partial charge in [0, 0.05) is 12.7 Å². The van der Waals surface area contributed by atoms with Crippen LogP contribution in [0.25, 0.3) is 0 Å². The van der Waals surface area contributed by atoms with E-state index in [1.807, 2.05) is 6.92 Å². The molecule has 0 spiro atoms. The molecule has 8 heteroatoms. The minimum Gasteiger partial charge on any atom is -0.478 e. The van der Waals surface area contributed by atoms with E-state index in [2.05, 4.69) is 14.4 Å². The van der Waals surface area contributed by atoms with Crippen LogP contribution < -0.4 is 9.44 Å². The fraction of sp³-hybridized carbons (Fsp3) is 0.333. The zero-order chi connectivity index (χ0) is 12.9. The molecule has 17 heavy (non-hydrogen) atoms. The van der Waals surface area contributed by atoms with Gasteiger partial charge in [0.05, 0.1) is 5.56 Å². The van der Waals surface area contributed by atoms with Crippen LogP contribution in [0.2, 0.25) is 0 Å². The minimum atomic E-state index is -3.64. The number of nitrogens with zero attached hydrogens (tertiary/aromatic N) is 1. The Labute approximate surface area is 99.1 Å². The third-order valence-electron chi connectivity index (χ3n) is 1.79. The lowest BCUT2D eigenvalue weighted by molar-refractivity contribution is 0.0696. The summed E-state index contributed by atoms with van der Waals surface area (Å²) in [4.78, 5) is 14.2. The van der Waals surface area contributed by atoms with Crippen LogP contribution in [0.4, 0.5) is 5.82 Å². The molecule has 0 saturated carbocycles. The van der Waals surface area contributed by atoms with Crippen LogP contribution >= 0.6 is 0 Å². The summed E-state index contributed by atoms with van der Waals surface area (Å²) in [7, 11) is -3.64. The van der Waals surface area contributed by atoms with Gasteiger partial charge in [-0.15, -0.1) is 0 Å². The van der Waals surface area contributed by atoms with Crippen LogP contribution in [0.15, 0.2) is 18.3 Å². The van der Waals surface area contributed by atoms with Gasteiger partial charge in [-0.25, -0.2) is 9.78 Å². The van der Waals surface area contributed by atoms with Crippen molar-refractivity contribution in [3.63, 3.8) is 0 Å². The standard InChI is InChI=1S/C9H13N3O4S/c1-2-5-11-17(15,16)12-8-4-3-7(6-10-8)9(13)14/h3-4,6,11H,2,5H2,1H3,(H,10,12)(H,13,14). The van der Waals surface area contributed by atoms with E-state index in [1.54, 1.807) is 0 Å². The molecule has 3 N–H and O–H groups in total. The Kier molecular flexibility index (Phi) is 4.41. The molecule has 0 radical (unpaired) electrons. The Morgan fingerprint density at radius 2 is 2.18 bits per heavy atom. The SMILES string of the molecule is CCCNS(=O)(=O)Nc1ccc(C(=O)O)cn1. The Morgan fingerprint density at radius 1 is 1.47 bits per heavy atom. The van der Waals surface area contributed by atoms with Crippen molar-refractivity contribution in [3.05, 3.63) is 23.9 Å². The fourth-order valence-corrected chi connectivity index (χ4v) is 1.93. The molecule has 0 fully saturated rings. The first-order valence-corrected chi connectivity index (χ1v) is 6.39. The maximum absolute atomic E-state index is 11.4. The van der Waals surface area contributed by atoms with Gasteiger partial charge in [0.2, 0.25) is 0 Å². The lowest BCUT2D eigenvalue weighted by Gasteiger charge is -2.07. The molecule has 1 rings (SSSR count). The number of carboxylic acids is 1. The van der Waals surface area contributed by atoms with Crippen molar-refractivity contribution >= 4 is 22.0 Å². The topological polar surface area (TPSA) is 108 Å². The largest absolute Gasteiger partial charge is 0.478 e. The molecule has 0 bridgehead atoms. The quantitative estimate of drug-likeness (QED) is 0.686. The number of aromatic nitrogens is 1. The number of anilines is 1. The summed E-state index contributed by atoms with van der Waals surface area (Å²) in [6.07, 6.45) is 1.76. The van der Waals surface area contributed by atoms with E-state index >= 15 is 0 Å². The Morgan fingerprint density at radius 3 is 2.65 bits per heavy atom. The summed E-state index contributed by atoms with van der Waals surface area (Å²) >= 11 is 0. The number of carbonyl (C=O) groups is 1. The van der Waals surface area contributed by atoms with Crippen LogP contribution in [0, 0.1) is 0 Å². The molecular weight excluding hydrogens is 246 g/mol. The molecule has 0 amide bonds. The van der Waals surface area contributed by atoms with Gasteiger partial charge in [-0.1, -0.05) is 6.92 Å². The predicted molar refractivity (Wildman–Crippen MR) is 62.0 cm³/mol. The number of pyridine rings is 1. The summed E-state index contributed by atoms with van der Waals surface area (Å²) in [6, 6.07) is 2.56. The third kappa shape index (κ3) is 4.37. The second kappa shape index (κ2) is 5.60. The molecule has 0 aromatic carbocycles. The van der Waals surface area contributed by atoms with Crippen LogP contribution in [-0.4, -0.2) is 31.0 Å². The van der Waals surface area contributed by atoms with Gasteiger partial charge >= 0.3 is 5.97 Å². The van der Waals surface area contributed by atoms with Gasteiger partial charge in [-0.05, 0) is 18.6 Å². The molecule has 0 aliphatic heterocycles. The van der Waals surface area contributed by atoms with E-state index in [9.17, 15) is 13.2 Å². The molecule has 1 aromatic rings. The van der Waals surface area contributed by atoms with Gasteiger partial charge in [0.1, 0.15) is 5.82 Å². The first-order valence-electron chi connectivity index (χ1n) is 4.91. The summed E-state index contributed by atoms with van der Waals surface area (Å²) in [6.45, 7) is 2.16. The molecule has 0 aliphatic carbocycles. The highest BCUT2D eigenvalue weighted by atomic mass is 32.2. The fourth-order valence-electron chi connectivity index (χ4n) is 0.991. The van der Waals surface area contributed by atoms with Gasteiger partial charge in [0.25, 0.3) is 10.2 Å². The second-order valence-electron chi connectivity index (χ2n) is 3.24. The zero-order valence-electron chi connectivity index (χ0n) is 9.17. The molecule has 94 valence electrons. The van der Waals surface area contributed by atoms with Crippen LogP contribution in [0.1, 0.15) is 23.7 Å². The monoisotopic (exact) mass is 259 g/mol. The van der Waals surface area contributed by atoms with E-state index in [0.717, 1.165) is 6.20 Å². The van der Waals surface area contributed by atoms with Crippen molar-refractivity contribution < 1.29 is 18.3 Å². The van der Waals surface area contributed by atoms with Gasteiger partial charge in [-0.3, -0.25) is 4.72 Å². The summed E-state index contributed by atoms with van der Waals surface area (Å²) in [5.41, 5.74) is -0.00512. The Bertz CT molecular complexity index is 483. The molecule has 1 aromatic heterocycles. The predicted octanol–water partition coefficient (Wildman–Crippen LogP) is 0.436. The van der Waals surface area contributed by atoms with Crippen molar-refractivity contribution in [1.82, 2.24) is 9.71 Å². The highest BCUT2D eigenvalue weighted by Gasteiger charge is 2.10. The highest BCUT2D eigenvalue weighted by Crippen LogP contribution is 2.06. The third-order valence-corrected chi connectivity index (χ3v) is 2.85. The first-order chi connectivity index (χ1) is 7.94. The maximum atomic E-state index is 11.4. The van der Waals surface area contributed by atoms with E-state index in [4.69, 9.17) is 5.11 Å². The second-order valence-corrected chi connectivity index (χ2v) is 4.74. The lowest BCUT2D eigenvalue weighted by atomic mass is 10.3. The highest BCUT2D eigenvalue weighted by molar-refractivity contribution is 7.90. The van der Waals surface area contributed by atoms with Gasteiger partial charge in [-0.2, -0.15) is 13.1 Å². The van der Waals surface area contributed by atoms with Crippen molar-refractivity contribution in [2.45, 2.75) is 13.3 Å². The number of hydrogen-bond acceptors (Lipinski definition) is 4. The Balaban J connectivity index is 2.72. The number of rotatable bonds is 6. The van der Waals surface area contributed by atoms with E-state index in [0.29, 0.717) is 13.0 Å². The average molecular weight is 259 g/mol. The van der Waals surface area contributed by atoms with E-state index in [1.165, 1.54) is 12.1 Å². The van der Waals surface area contributed by atoms with Crippen molar-refractivity contribution in [2.24, 2.45) is 0 Å². The first kappa shape index (κ1) is 13.4. The summed E-state index contributed by atoms with van der Waals surface area (Å²) in [5.74, 6) is -1.05. The number of hydrogen-bond donors (Lipinski definition) is 3. The van der Waals surface area contributed by atoms with Crippen LogP contribution in [-0.2, 0) is 10.2 Å². The summed E-state index contributed by atoms with van der Waals surface area (Å²) in [5, 5.41) is 8.63. The molecule has 0 atom stereocenters. The molecule has 0 aliphatic rings. The van der Waals surface area contributed by atoms with Crippen molar-refractivity contribution in [1.29, 1.82) is 0 Å². The molecular formula is C9H13N3O4S. The van der Waals surface area contributed by atoms with Crippen LogP contribution in [0.3, 0.4) is 0 Å². The molecule has 7 nitrogen and oxygen atoms in total. The van der Waals surface area contributed by atoms with Gasteiger partial charge in [0.15, 0.2) is 0 Å².